The van der Waals surface area contributed by atoms with E-state index >= 15 is 0 Å². The summed E-state index contributed by atoms with van der Waals surface area (Å²) >= 11 is 0. The molecule has 72 heavy (non-hydrogen) atoms. The molecule has 5 aromatic rings. The summed E-state index contributed by atoms with van der Waals surface area (Å²) < 4.78 is 28.5. The highest BCUT2D eigenvalue weighted by atomic mass is 16.6. The fourth-order valence-corrected chi connectivity index (χ4v) is 13.2. The van der Waals surface area contributed by atoms with Gasteiger partial charge in [-0.25, -0.2) is 0 Å². The van der Waals surface area contributed by atoms with E-state index in [0.29, 0.717) is 81.7 Å². The number of aromatic amines is 1. The number of hydrogen-bond donors (Lipinski definition) is 9. The van der Waals surface area contributed by atoms with Gasteiger partial charge in [-0.3, -0.25) is 10.6 Å². The number of phenols is 2. The van der Waals surface area contributed by atoms with Gasteiger partial charge in [0.2, 0.25) is 0 Å². The Kier molecular flexibility index (Phi) is 13.6. The first-order valence-electron chi connectivity index (χ1n) is 26.4. The first kappa shape index (κ1) is 48.7. The fraction of sp³-hybridized carbons (Fsp3) is 0.492. The van der Waals surface area contributed by atoms with Crippen LogP contribution in [0.4, 0.5) is 0 Å². The van der Waals surface area contributed by atoms with Crippen LogP contribution in [0.5, 0.6) is 28.7 Å². The molecule has 1 aromatic heterocycles. The molecule has 3 aliphatic heterocycles. The molecule has 0 amide bonds. The number of phenolic OH excluding ortho intramolecular Hbond substituents is 2. The molecule has 0 saturated heterocycles. The Hall–Kier alpha value is -5.56. The van der Waals surface area contributed by atoms with Crippen LogP contribution in [0.1, 0.15) is 123 Å². The largest absolute Gasteiger partial charge is 0.507 e. The zero-order chi connectivity index (χ0) is 49.7. The van der Waals surface area contributed by atoms with Crippen molar-refractivity contribution in [3.63, 3.8) is 0 Å². The summed E-state index contributed by atoms with van der Waals surface area (Å²) in [6.45, 7) is 7.86. The van der Waals surface area contributed by atoms with E-state index in [0.717, 1.165) is 74.0 Å². The Morgan fingerprint density at radius 1 is 0.944 bits per heavy atom. The van der Waals surface area contributed by atoms with Crippen molar-refractivity contribution < 1.29 is 39.4 Å². The van der Waals surface area contributed by atoms with E-state index in [9.17, 15) is 20.4 Å². The molecular weight excluding hydrogens is 907 g/mol. The van der Waals surface area contributed by atoms with Crippen molar-refractivity contribution in [3.05, 3.63) is 105 Å². The standard InChI is InChI=1S/C59H71N5O8/c1-34(2)27-58(3,68)31-61-32-63-51-11-7-8-22-69-50-25-37(13-18-49(50)67)57-59(51,70-33-64-39-9-5-6-10-39)28-46-43-26-45-52(36-12-17-47-35(23-36)20-21-62-47)38(29-60-4)24-44-48(66)19-16-41(53(44)45)54(43)56-42(55(46)72-57)15-14-40(30-65)71-56/h12-13,16-21,23-25,34,39-40,45,51-52,57,60-68H,5-6,8-10,14-15,22,26-33H2,1-4H3. The normalized spacial score (nSPS) is 24.9. The molecule has 0 spiro atoms. The quantitative estimate of drug-likeness (QED) is 0.0281. The summed E-state index contributed by atoms with van der Waals surface area (Å²) in [6, 6.07) is 17.9. The van der Waals surface area contributed by atoms with Gasteiger partial charge >= 0.3 is 0 Å². The van der Waals surface area contributed by atoms with Crippen molar-refractivity contribution in [2.24, 2.45) is 5.92 Å². The summed E-state index contributed by atoms with van der Waals surface area (Å²) in [6.07, 6.45) is 10.8. The second kappa shape index (κ2) is 20.0. The van der Waals surface area contributed by atoms with E-state index in [1.807, 2.05) is 38.4 Å². The summed E-state index contributed by atoms with van der Waals surface area (Å²) in [4.78, 5) is 3.38. The summed E-state index contributed by atoms with van der Waals surface area (Å²) in [7, 11) is 1.98. The maximum absolute atomic E-state index is 11.8. The molecule has 6 aliphatic rings. The third kappa shape index (κ3) is 9.03. The van der Waals surface area contributed by atoms with E-state index in [1.165, 1.54) is 24.0 Å². The number of ether oxygens (including phenoxy) is 4. The molecular formula is C59H71N5O8. The predicted molar refractivity (Wildman–Crippen MR) is 280 cm³/mol. The molecule has 380 valence electrons. The Balaban J connectivity index is 1.12. The molecule has 13 heteroatoms. The lowest BCUT2D eigenvalue weighted by molar-refractivity contribution is -0.143. The number of hydrogen-bond acceptors (Lipinski definition) is 12. The number of aromatic nitrogens is 1. The van der Waals surface area contributed by atoms with E-state index in [-0.39, 0.29) is 43.3 Å². The second-order valence-corrected chi connectivity index (χ2v) is 21.8. The van der Waals surface area contributed by atoms with Crippen LogP contribution in [0, 0.1) is 17.8 Å². The van der Waals surface area contributed by atoms with E-state index in [1.54, 1.807) is 6.07 Å². The highest BCUT2D eigenvalue weighted by Gasteiger charge is 2.55. The Labute approximate surface area is 423 Å². The molecule has 2 bridgehead atoms. The molecule has 0 radical (unpaired) electrons. The molecule has 4 aromatic carbocycles. The molecule has 9 N–H and O–H groups in total. The van der Waals surface area contributed by atoms with Crippen LogP contribution in [-0.2, 0) is 24.0 Å². The van der Waals surface area contributed by atoms with Gasteiger partial charge in [0.1, 0.15) is 35.0 Å². The monoisotopic (exact) mass is 978 g/mol. The Bertz CT molecular complexity index is 2930. The third-order valence-electron chi connectivity index (χ3n) is 16.2. The van der Waals surface area contributed by atoms with E-state index in [4.69, 9.17) is 18.9 Å². The van der Waals surface area contributed by atoms with Crippen molar-refractivity contribution in [1.82, 2.24) is 26.3 Å². The van der Waals surface area contributed by atoms with Crippen molar-refractivity contribution in [2.75, 3.05) is 46.8 Å². The van der Waals surface area contributed by atoms with Gasteiger partial charge < -0.3 is 55.0 Å². The molecule has 13 nitrogen and oxygen atoms in total. The number of H-pyrrole nitrogens is 1. The van der Waals surface area contributed by atoms with Crippen molar-refractivity contribution in [1.29, 1.82) is 0 Å². The van der Waals surface area contributed by atoms with E-state index in [2.05, 4.69) is 88.3 Å². The maximum atomic E-state index is 11.8. The Morgan fingerprint density at radius 3 is 2.60 bits per heavy atom. The van der Waals surface area contributed by atoms with Gasteiger partial charge in [-0.1, -0.05) is 56.7 Å². The summed E-state index contributed by atoms with van der Waals surface area (Å²) in [5.74, 6) is 9.40. The fourth-order valence-electron chi connectivity index (χ4n) is 13.2. The van der Waals surface area contributed by atoms with Gasteiger partial charge in [-0.15, -0.1) is 0 Å². The van der Waals surface area contributed by atoms with Crippen LogP contribution in [0.3, 0.4) is 0 Å². The molecule has 1 saturated carbocycles. The lowest BCUT2D eigenvalue weighted by Crippen LogP contribution is -2.62. The highest BCUT2D eigenvalue weighted by Crippen LogP contribution is 2.62. The first-order chi connectivity index (χ1) is 34.9. The number of benzene rings is 4. The van der Waals surface area contributed by atoms with Crippen LogP contribution in [0.2, 0.25) is 0 Å². The minimum Gasteiger partial charge on any atom is -0.507 e. The van der Waals surface area contributed by atoms with Gasteiger partial charge in [-0.05, 0) is 146 Å². The first-order valence-corrected chi connectivity index (χ1v) is 26.4. The van der Waals surface area contributed by atoms with Gasteiger partial charge in [0, 0.05) is 78.5 Å². The topological polar surface area (TPSA) is 182 Å². The summed E-state index contributed by atoms with van der Waals surface area (Å²) in [5, 5.41) is 60.8. The highest BCUT2D eigenvalue weighted by molar-refractivity contribution is 5.90. The summed E-state index contributed by atoms with van der Waals surface area (Å²) in [5.41, 5.74) is 9.11. The SMILES string of the molecule is CNCC1=Cc2c(O)ccc3c2C(Cc2c4c(c5c(c2-3)OC(CO)CC5)OC2c3ccc(O)c(c3)OCCC#CC(NCNCC(C)(O)CC(C)C)C2(OCNC2CCCC2)C4)C1c1ccc2[nH]ccc2c1. The molecule has 4 heterocycles. The minimum atomic E-state index is -1.18. The molecule has 3 aliphatic carbocycles. The molecule has 7 atom stereocenters. The molecule has 1 fully saturated rings. The zero-order valence-electron chi connectivity index (χ0n) is 42.1. The number of aliphatic hydroxyl groups excluding tert-OH is 1. The molecule has 11 rings (SSSR count). The smallest absolute Gasteiger partial charge is 0.161 e. The average molecular weight is 978 g/mol. The second-order valence-electron chi connectivity index (χ2n) is 21.8. The number of likely N-dealkylation sites (N-methyl/N-ethyl adjacent to an activating group) is 1. The van der Waals surface area contributed by atoms with Crippen molar-refractivity contribution >= 4 is 17.0 Å². The van der Waals surface area contributed by atoms with Crippen LogP contribution < -0.4 is 35.5 Å². The average Bonchev–Trinajstić information content (AvgIpc) is 4.07. The maximum Gasteiger partial charge on any atom is 0.161 e. The number of aromatic hydroxyl groups is 2. The number of rotatable bonds is 15. The van der Waals surface area contributed by atoms with Crippen LogP contribution in [-0.4, -0.2) is 102 Å². The minimum absolute atomic E-state index is 0.0345. The van der Waals surface area contributed by atoms with Crippen molar-refractivity contribution in [2.45, 2.75) is 132 Å². The number of nitrogens with one attached hydrogen (secondary N) is 5. The van der Waals surface area contributed by atoms with Gasteiger partial charge in [0.05, 0.1) is 25.5 Å². The molecule has 7 unspecified atom stereocenters. The third-order valence-corrected chi connectivity index (χ3v) is 16.2. The van der Waals surface area contributed by atoms with Gasteiger partial charge in [0.25, 0.3) is 0 Å². The van der Waals surface area contributed by atoms with Crippen LogP contribution in [0.15, 0.2) is 66.4 Å². The zero-order valence-corrected chi connectivity index (χ0v) is 42.1. The predicted octanol–water partition coefficient (Wildman–Crippen LogP) is 7.98. The van der Waals surface area contributed by atoms with Gasteiger partial charge in [-0.2, -0.15) is 0 Å². The Morgan fingerprint density at radius 2 is 1.78 bits per heavy atom. The lowest BCUT2D eigenvalue weighted by Gasteiger charge is -2.50. The van der Waals surface area contributed by atoms with Crippen LogP contribution in [0.25, 0.3) is 28.1 Å². The van der Waals surface area contributed by atoms with Crippen LogP contribution >= 0.6 is 0 Å². The lowest BCUT2D eigenvalue weighted by atomic mass is 9.62. The van der Waals surface area contributed by atoms with E-state index < -0.39 is 29.5 Å². The number of fused-ring (bicyclic) bond motifs is 12. The number of aliphatic hydroxyl groups is 2. The van der Waals surface area contributed by atoms with Crippen molar-refractivity contribution in [3.8, 4) is 51.7 Å². The van der Waals surface area contributed by atoms with Gasteiger partial charge in [0.15, 0.2) is 17.6 Å².